The molecule has 0 aromatic heterocycles. The van der Waals surface area contributed by atoms with Crippen LogP contribution in [0.4, 0.5) is 4.39 Å². The van der Waals surface area contributed by atoms with E-state index in [1.807, 2.05) is 37.3 Å². The standard InChI is InChI=1S/C19H20ClFN4.HI/c1-2-23-19(24-10-9-14-3-6-17(20)7-4-14)25-13-16-11-15(12-22)5-8-18(16)21;/h3-8,11H,2,9-10,13H2,1H3,(H2,23,24,25);1H. The molecule has 0 fully saturated rings. The van der Waals surface area contributed by atoms with E-state index in [4.69, 9.17) is 16.9 Å². The Hall–Kier alpha value is -1.85. The quantitative estimate of drug-likeness (QED) is 0.364. The molecule has 2 aromatic rings. The summed E-state index contributed by atoms with van der Waals surface area (Å²) >= 11 is 5.88. The molecule has 0 radical (unpaired) electrons. The highest BCUT2D eigenvalue weighted by Gasteiger charge is 2.04. The van der Waals surface area contributed by atoms with Crippen molar-refractivity contribution < 1.29 is 4.39 Å². The second-order valence-electron chi connectivity index (χ2n) is 5.42. The second kappa shape index (κ2) is 11.7. The molecule has 0 aliphatic rings. The van der Waals surface area contributed by atoms with Gasteiger partial charge < -0.3 is 10.6 Å². The highest BCUT2D eigenvalue weighted by molar-refractivity contribution is 14.0. The van der Waals surface area contributed by atoms with Gasteiger partial charge in [0.25, 0.3) is 0 Å². The van der Waals surface area contributed by atoms with Crippen LogP contribution in [0.3, 0.4) is 0 Å². The average Bonchev–Trinajstić information content (AvgIpc) is 2.62. The van der Waals surface area contributed by atoms with Gasteiger partial charge in [-0.05, 0) is 49.2 Å². The van der Waals surface area contributed by atoms with E-state index >= 15 is 0 Å². The summed E-state index contributed by atoms with van der Waals surface area (Å²) in [5.74, 6) is 0.248. The zero-order valence-corrected chi connectivity index (χ0v) is 17.5. The summed E-state index contributed by atoms with van der Waals surface area (Å²) in [4.78, 5) is 4.39. The molecule has 0 aliphatic heterocycles. The number of benzene rings is 2. The predicted octanol–water partition coefficient (Wildman–Crippen LogP) is 4.27. The highest BCUT2D eigenvalue weighted by atomic mass is 127. The molecule has 0 saturated heterocycles. The van der Waals surface area contributed by atoms with E-state index in [1.165, 1.54) is 23.8 Å². The molecule has 0 atom stereocenters. The smallest absolute Gasteiger partial charge is 0.191 e. The molecule has 26 heavy (non-hydrogen) atoms. The molecule has 4 nitrogen and oxygen atoms in total. The molecular weight excluding hydrogens is 466 g/mol. The lowest BCUT2D eigenvalue weighted by atomic mass is 10.1. The van der Waals surface area contributed by atoms with Gasteiger partial charge in [0.15, 0.2) is 5.96 Å². The van der Waals surface area contributed by atoms with E-state index in [2.05, 4.69) is 15.6 Å². The maximum Gasteiger partial charge on any atom is 0.191 e. The maximum atomic E-state index is 13.8. The molecule has 2 aromatic carbocycles. The number of aliphatic imine (C=N–C) groups is 1. The Balaban J connectivity index is 0.00000338. The van der Waals surface area contributed by atoms with Gasteiger partial charge in [0.2, 0.25) is 0 Å². The van der Waals surface area contributed by atoms with E-state index in [9.17, 15) is 4.39 Å². The minimum absolute atomic E-state index is 0. The highest BCUT2D eigenvalue weighted by Crippen LogP contribution is 2.11. The fourth-order valence-electron chi connectivity index (χ4n) is 2.25. The van der Waals surface area contributed by atoms with Crippen LogP contribution in [-0.2, 0) is 13.0 Å². The Kier molecular flexibility index (Phi) is 9.99. The van der Waals surface area contributed by atoms with Crippen molar-refractivity contribution in [1.82, 2.24) is 10.6 Å². The van der Waals surface area contributed by atoms with Crippen LogP contribution in [0.1, 0.15) is 23.6 Å². The average molecular weight is 487 g/mol. The van der Waals surface area contributed by atoms with E-state index < -0.39 is 0 Å². The first-order chi connectivity index (χ1) is 12.1. The lowest BCUT2D eigenvalue weighted by molar-refractivity contribution is 0.610. The zero-order valence-electron chi connectivity index (χ0n) is 14.4. The molecule has 0 unspecified atom stereocenters. The maximum absolute atomic E-state index is 13.8. The Morgan fingerprint density at radius 2 is 1.92 bits per heavy atom. The summed E-state index contributed by atoms with van der Waals surface area (Å²) in [5.41, 5.74) is 1.99. The number of nitriles is 1. The van der Waals surface area contributed by atoms with E-state index in [0.717, 1.165) is 6.42 Å². The van der Waals surface area contributed by atoms with Crippen molar-refractivity contribution in [3.8, 4) is 6.07 Å². The third kappa shape index (κ3) is 7.18. The predicted molar refractivity (Wildman–Crippen MR) is 115 cm³/mol. The van der Waals surface area contributed by atoms with Crippen LogP contribution in [0.5, 0.6) is 0 Å². The van der Waals surface area contributed by atoms with Crippen LogP contribution >= 0.6 is 35.6 Å². The Morgan fingerprint density at radius 1 is 1.19 bits per heavy atom. The van der Waals surface area contributed by atoms with Gasteiger partial charge in [0, 0.05) is 23.7 Å². The molecule has 0 saturated carbocycles. The first-order valence-corrected chi connectivity index (χ1v) is 8.45. The minimum Gasteiger partial charge on any atom is -0.357 e. The Bertz CT molecular complexity index is 772. The molecule has 0 bridgehead atoms. The molecule has 0 aliphatic carbocycles. The molecule has 2 N–H and O–H groups in total. The van der Waals surface area contributed by atoms with Crippen LogP contribution in [0.15, 0.2) is 47.5 Å². The van der Waals surface area contributed by atoms with Crippen LogP contribution in [0.2, 0.25) is 5.02 Å². The lowest BCUT2D eigenvalue weighted by Gasteiger charge is -2.11. The molecule has 0 spiro atoms. The van der Waals surface area contributed by atoms with Crippen molar-refractivity contribution in [1.29, 1.82) is 5.26 Å². The van der Waals surface area contributed by atoms with Gasteiger partial charge in [-0.3, -0.25) is 0 Å². The number of halogens is 3. The molecule has 2 rings (SSSR count). The fourth-order valence-corrected chi connectivity index (χ4v) is 2.37. The number of rotatable bonds is 6. The fraction of sp³-hybridized carbons (Fsp3) is 0.263. The summed E-state index contributed by atoms with van der Waals surface area (Å²) in [6.45, 7) is 3.52. The number of nitrogens with zero attached hydrogens (tertiary/aromatic N) is 2. The van der Waals surface area contributed by atoms with Crippen molar-refractivity contribution in [2.24, 2.45) is 4.99 Å². The van der Waals surface area contributed by atoms with Crippen LogP contribution < -0.4 is 10.6 Å². The molecule has 7 heteroatoms. The lowest BCUT2D eigenvalue weighted by Crippen LogP contribution is -2.38. The normalized spacial score (nSPS) is 10.6. The third-order valence-corrected chi connectivity index (χ3v) is 3.80. The molecule has 0 amide bonds. The van der Waals surface area contributed by atoms with Crippen LogP contribution in [-0.4, -0.2) is 19.0 Å². The molecule has 138 valence electrons. The van der Waals surface area contributed by atoms with Crippen molar-refractivity contribution in [2.75, 3.05) is 13.1 Å². The van der Waals surface area contributed by atoms with Gasteiger partial charge in [-0.2, -0.15) is 5.26 Å². The summed E-state index contributed by atoms with van der Waals surface area (Å²) in [6.07, 6.45) is 0.819. The zero-order chi connectivity index (χ0) is 18.1. The van der Waals surface area contributed by atoms with Crippen LogP contribution in [0.25, 0.3) is 0 Å². The summed E-state index contributed by atoms with van der Waals surface area (Å²) in [5, 5.41) is 16.0. The second-order valence-corrected chi connectivity index (χ2v) is 5.85. The number of nitrogens with one attached hydrogen (secondary N) is 2. The van der Waals surface area contributed by atoms with Crippen molar-refractivity contribution in [3.63, 3.8) is 0 Å². The first-order valence-electron chi connectivity index (χ1n) is 8.07. The van der Waals surface area contributed by atoms with Gasteiger partial charge in [0.1, 0.15) is 5.82 Å². The van der Waals surface area contributed by atoms with Gasteiger partial charge in [-0.1, -0.05) is 23.7 Å². The van der Waals surface area contributed by atoms with Crippen molar-refractivity contribution in [3.05, 3.63) is 70.0 Å². The first kappa shape index (κ1) is 22.2. The van der Waals surface area contributed by atoms with E-state index in [1.54, 1.807) is 0 Å². The number of hydrogen-bond donors (Lipinski definition) is 2. The number of hydrogen-bond acceptors (Lipinski definition) is 2. The summed E-state index contributed by atoms with van der Waals surface area (Å²) in [7, 11) is 0. The van der Waals surface area contributed by atoms with E-state index in [-0.39, 0.29) is 36.3 Å². The largest absolute Gasteiger partial charge is 0.357 e. The van der Waals surface area contributed by atoms with Gasteiger partial charge in [-0.25, -0.2) is 9.38 Å². The van der Waals surface area contributed by atoms with Gasteiger partial charge in [-0.15, -0.1) is 24.0 Å². The van der Waals surface area contributed by atoms with Crippen molar-refractivity contribution in [2.45, 2.75) is 19.9 Å². The van der Waals surface area contributed by atoms with Crippen molar-refractivity contribution >= 4 is 41.5 Å². The minimum atomic E-state index is -0.361. The van der Waals surface area contributed by atoms with Gasteiger partial charge in [0.05, 0.1) is 18.2 Å². The third-order valence-electron chi connectivity index (χ3n) is 3.55. The Labute approximate surface area is 175 Å². The monoisotopic (exact) mass is 486 g/mol. The summed E-state index contributed by atoms with van der Waals surface area (Å²) < 4.78 is 13.8. The molecule has 0 heterocycles. The summed E-state index contributed by atoms with van der Waals surface area (Å²) in [6, 6.07) is 14.0. The Morgan fingerprint density at radius 3 is 2.58 bits per heavy atom. The van der Waals surface area contributed by atoms with Gasteiger partial charge >= 0.3 is 0 Å². The number of guanidine groups is 1. The van der Waals surface area contributed by atoms with Crippen LogP contribution in [0, 0.1) is 17.1 Å². The SMILES string of the molecule is CCNC(=NCc1cc(C#N)ccc1F)NCCc1ccc(Cl)cc1.I. The topological polar surface area (TPSA) is 60.2 Å². The molecular formula is C19H21ClFIN4. The van der Waals surface area contributed by atoms with E-state index in [0.29, 0.717) is 35.2 Å².